The van der Waals surface area contributed by atoms with E-state index in [1.54, 1.807) is 24.3 Å². The Kier molecular flexibility index (Phi) is 7.73. The van der Waals surface area contributed by atoms with Gasteiger partial charge in [-0.25, -0.2) is 8.42 Å². The molecule has 8 nitrogen and oxygen atoms in total. The molecule has 0 aliphatic rings. The first-order chi connectivity index (χ1) is 14.2. The van der Waals surface area contributed by atoms with Crippen LogP contribution in [0.3, 0.4) is 0 Å². The summed E-state index contributed by atoms with van der Waals surface area (Å²) in [6.07, 6.45) is 1.87. The molecule has 160 valence electrons. The Bertz CT molecular complexity index is 1010. The number of carbonyl (C=O) groups excluding carboxylic acids is 1. The summed E-state index contributed by atoms with van der Waals surface area (Å²) in [6.45, 7) is 3.84. The van der Waals surface area contributed by atoms with Gasteiger partial charge in [-0.1, -0.05) is 24.8 Å². The lowest BCUT2D eigenvalue weighted by atomic mass is 10.1. The smallest absolute Gasteiger partial charge is 0.323 e. The van der Waals surface area contributed by atoms with E-state index in [2.05, 4.69) is 6.58 Å². The van der Waals surface area contributed by atoms with Gasteiger partial charge in [0.05, 0.1) is 16.3 Å². The lowest BCUT2D eigenvalue weighted by Crippen LogP contribution is -2.37. The van der Waals surface area contributed by atoms with Gasteiger partial charge in [-0.3, -0.25) is 13.9 Å². The minimum absolute atomic E-state index is 0.138. The molecule has 1 N–H and O–H groups in total. The van der Waals surface area contributed by atoms with E-state index in [0.29, 0.717) is 24.2 Å². The first kappa shape index (κ1) is 23.1. The van der Waals surface area contributed by atoms with E-state index in [1.807, 2.05) is 19.0 Å². The van der Waals surface area contributed by atoms with Crippen molar-refractivity contribution in [2.75, 3.05) is 42.9 Å². The molecule has 0 heterocycles. The van der Waals surface area contributed by atoms with Crippen LogP contribution in [0, 0.1) is 0 Å². The zero-order valence-electron chi connectivity index (χ0n) is 16.9. The van der Waals surface area contributed by atoms with E-state index in [-0.39, 0.29) is 23.5 Å². The second kappa shape index (κ2) is 10.0. The number of hydrogen-bond donors (Lipinski definition) is 1. The molecule has 0 aliphatic carbocycles. The van der Waals surface area contributed by atoms with Gasteiger partial charge in [0.2, 0.25) is 0 Å². The van der Waals surface area contributed by atoms with Gasteiger partial charge in [-0.2, -0.15) is 0 Å². The van der Waals surface area contributed by atoms with E-state index in [9.17, 15) is 18.0 Å². The van der Waals surface area contributed by atoms with Gasteiger partial charge >= 0.3 is 5.97 Å². The zero-order chi connectivity index (χ0) is 22.3. The summed E-state index contributed by atoms with van der Waals surface area (Å²) in [5, 5.41) is 9.07. The molecule has 9 heteroatoms. The van der Waals surface area contributed by atoms with Crippen molar-refractivity contribution in [3.63, 3.8) is 0 Å². The predicted octanol–water partition coefficient (Wildman–Crippen LogP) is 2.29. The molecule has 2 aromatic rings. The first-order valence-electron chi connectivity index (χ1n) is 9.13. The highest BCUT2D eigenvalue weighted by molar-refractivity contribution is 7.92. The summed E-state index contributed by atoms with van der Waals surface area (Å²) in [6, 6.07) is 12.6. The number of hydrogen-bond acceptors (Lipinski definition) is 6. The van der Waals surface area contributed by atoms with Crippen LogP contribution in [0.1, 0.15) is 10.4 Å². The molecule has 0 aliphatic heterocycles. The van der Waals surface area contributed by atoms with Crippen LogP contribution in [-0.2, 0) is 14.8 Å². The van der Waals surface area contributed by atoms with Crippen molar-refractivity contribution in [3.8, 4) is 0 Å². The van der Waals surface area contributed by atoms with Crippen molar-refractivity contribution in [2.45, 2.75) is 4.90 Å². The monoisotopic (exact) mass is 431 g/mol. The molecule has 0 unspecified atom stereocenters. The van der Waals surface area contributed by atoms with Gasteiger partial charge in [0.15, 0.2) is 6.29 Å². The molecule has 2 aromatic carbocycles. The Balaban J connectivity index is 2.54. The number of benzene rings is 2. The predicted molar refractivity (Wildman–Crippen MR) is 117 cm³/mol. The van der Waals surface area contributed by atoms with Crippen LogP contribution in [0.15, 0.2) is 66.2 Å². The van der Waals surface area contributed by atoms with Crippen molar-refractivity contribution >= 4 is 33.7 Å². The van der Waals surface area contributed by atoms with Crippen molar-refractivity contribution in [2.24, 2.45) is 0 Å². The molecule has 0 fully saturated rings. The van der Waals surface area contributed by atoms with Crippen LogP contribution in [0.5, 0.6) is 0 Å². The van der Waals surface area contributed by atoms with Crippen LogP contribution in [0.2, 0.25) is 0 Å². The SMILES string of the molecule is C=CN(CC(=O)O)c1ccc(N(CCN(C)C)S(=O)(=O)c2ccccc2)cc1C=O. The van der Waals surface area contributed by atoms with E-state index in [1.165, 1.54) is 39.7 Å². The Labute approximate surface area is 176 Å². The lowest BCUT2D eigenvalue weighted by Gasteiger charge is -2.27. The average molecular weight is 432 g/mol. The number of carboxylic acid groups (broad SMARTS) is 1. The Morgan fingerprint density at radius 2 is 1.77 bits per heavy atom. The highest BCUT2D eigenvalue weighted by Gasteiger charge is 2.26. The highest BCUT2D eigenvalue weighted by Crippen LogP contribution is 2.29. The molecule has 0 atom stereocenters. The summed E-state index contributed by atoms with van der Waals surface area (Å²) in [7, 11) is -0.201. The van der Waals surface area contributed by atoms with E-state index >= 15 is 0 Å². The van der Waals surface area contributed by atoms with Crippen LogP contribution < -0.4 is 9.21 Å². The maximum absolute atomic E-state index is 13.3. The number of rotatable bonds is 11. The maximum Gasteiger partial charge on any atom is 0.323 e. The lowest BCUT2D eigenvalue weighted by molar-refractivity contribution is -0.135. The molecule has 0 bridgehead atoms. The molecule has 30 heavy (non-hydrogen) atoms. The van der Waals surface area contributed by atoms with Crippen LogP contribution in [-0.4, -0.2) is 64.4 Å². The van der Waals surface area contributed by atoms with Crippen molar-refractivity contribution in [1.29, 1.82) is 0 Å². The standard InChI is InChI=1S/C21H25N3O5S/c1-4-23(15-21(26)27)20-11-10-18(14-17(20)16-25)24(13-12-22(2)3)30(28,29)19-8-6-5-7-9-19/h4-11,14,16H,1,12-13,15H2,2-3H3,(H,26,27). The number of aliphatic carboxylic acids is 1. The largest absolute Gasteiger partial charge is 0.480 e. The van der Waals surface area contributed by atoms with Gasteiger partial charge in [0.25, 0.3) is 10.0 Å². The van der Waals surface area contributed by atoms with Crippen LogP contribution in [0.4, 0.5) is 11.4 Å². The number of nitrogens with zero attached hydrogens (tertiary/aromatic N) is 3. The number of anilines is 2. The molecular weight excluding hydrogens is 406 g/mol. The minimum atomic E-state index is -3.87. The zero-order valence-corrected chi connectivity index (χ0v) is 17.7. The normalized spacial score (nSPS) is 11.2. The third-order valence-corrected chi connectivity index (χ3v) is 6.18. The maximum atomic E-state index is 13.3. The fourth-order valence-corrected chi connectivity index (χ4v) is 4.31. The van der Waals surface area contributed by atoms with Gasteiger partial charge in [-0.15, -0.1) is 0 Å². The Morgan fingerprint density at radius 1 is 1.10 bits per heavy atom. The van der Waals surface area contributed by atoms with E-state index < -0.39 is 16.0 Å². The molecule has 0 saturated carbocycles. The molecule has 0 spiro atoms. The number of sulfonamides is 1. The minimum Gasteiger partial charge on any atom is -0.480 e. The highest BCUT2D eigenvalue weighted by atomic mass is 32.2. The van der Waals surface area contributed by atoms with Crippen LogP contribution in [0.25, 0.3) is 0 Å². The third-order valence-electron chi connectivity index (χ3n) is 4.34. The van der Waals surface area contributed by atoms with E-state index in [0.717, 1.165) is 0 Å². The average Bonchev–Trinajstić information content (AvgIpc) is 2.72. The fraction of sp³-hybridized carbons (Fsp3) is 0.238. The quantitative estimate of drug-likeness (QED) is 0.545. The molecule has 0 amide bonds. The number of carbonyl (C=O) groups is 2. The summed E-state index contributed by atoms with van der Waals surface area (Å²) >= 11 is 0. The van der Waals surface area contributed by atoms with Gasteiger partial charge in [0, 0.05) is 18.7 Å². The molecule has 0 radical (unpaired) electrons. The topological polar surface area (TPSA) is 98.2 Å². The summed E-state index contributed by atoms with van der Waals surface area (Å²) < 4.78 is 27.8. The molecular formula is C21H25N3O5S. The van der Waals surface area contributed by atoms with Crippen LogP contribution >= 0.6 is 0 Å². The van der Waals surface area contributed by atoms with Gasteiger partial charge in [0.1, 0.15) is 6.54 Å². The third kappa shape index (κ3) is 5.46. The molecule has 2 rings (SSSR count). The summed E-state index contributed by atoms with van der Waals surface area (Å²) in [4.78, 5) is 26.1. The second-order valence-corrected chi connectivity index (χ2v) is 8.62. The molecule has 0 aromatic heterocycles. The van der Waals surface area contributed by atoms with Gasteiger partial charge in [-0.05, 0) is 50.6 Å². The Hall–Kier alpha value is -3.17. The second-order valence-electron chi connectivity index (χ2n) is 6.76. The fourth-order valence-electron chi connectivity index (χ4n) is 2.85. The Morgan fingerprint density at radius 3 is 2.30 bits per heavy atom. The number of aldehydes is 1. The summed E-state index contributed by atoms with van der Waals surface area (Å²) in [5.74, 6) is -1.09. The van der Waals surface area contributed by atoms with Crippen molar-refractivity contribution in [1.82, 2.24) is 4.90 Å². The van der Waals surface area contributed by atoms with Crippen molar-refractivity contribution in [3.05, 3.63) is 66.9 Å². The van der Waals surface area contributed by atoms with E-state index in [4.69, 9.17) is 5.11 Å². The molecule has 0 saturated heterocycles. The van der Waals surface area contributed by atoms with Gasteiger partial charge < -0.3 is 14.9 Å². The number of likely N-dealkylation sites (N-methyl/N-ethyl adjacent to an activating group) is 1. The summed E-state index contributed by atoms with van der Waals surface area (Å²) in [5.41, 5.74) is 0.800. The first-order valence-corrected chi connectivity index (χ1v) is 10.6. The number of carboxylic acids is 1. The van der Waals surface area contributed by atoms with Crippen molar-refractivity contribution < 1.29 is 23.1 Å².